The Morgan fingerprint density at radius 1 is 1.21 bits per heavy atom. The predicted molar refractivity (Wildman–Crippen MR) is 58.7 cm³/mol. The minimum atomic E-state index is 0.694. The standard InChI is InChI=1S/C12H10ClN/c13-10-3-4-11-9(7-10)5-6-14-12(11)8-1-2-8/h3-8H,1-2H2. The molecule has 0 aliphatic heterocycles. The quantitative estimate of drug-likeness (QED) is 0.688. The molecule has 1 saturated carbocycles. The van der Waals surface area contributed by atoms with Crippen molar-refractivity contribution in [1.29, 1.82) is 0 Å². The van der Waals surface area contributed by atoms with Crippen molar-refractivity contribution in [2.75, 3.05) is 0 Å². The molecule has 0 spiro atoms. The number of aromatic nitrogens is 1. The van der Waals surface area contributed by atoms with Gasteiger partial charge in [0.25, 0.3) is 0 Å². The topological polar surface area (TPSA) is 12.9 Å². The molecule has 1 aliphatic carbocycles. The highest BCUT2D eigenvalue weighted by atomic mass is 35.5. The Labute approximate surface area is 87.7 Å². The first-order chi connectivity index (χ1) is 6.84. The maximum atomic E-state index is 5.95. The third-order valence-electron chi connectivity index (χ3n) is 2.72. The molecule has 14 heavy (non-hydrogen) atoms. The highest BCUT2D eigenvalue weighted by Crippen LogP contribution is 2.41. The molecule has 1 heterocycles. The van der Waals surface area contributed by atoms with Gasteiger partial charge in [0.1, 0.15) is 0 Å². The van der Waals surface area contributed by atoms with Gasteiger partial charge >= 0.3 is 0 Å². The van der Waals surface area contributed by atoms with Crippen molar-refractivity contribution in [3.05, 3.63) is 41.2 Å². The van der Waals surface area contributed by atoms with Crippen LogP contribution in [0.15, 0.2) is 30.5 Å². The van der Waals surface area contributed by atoms with Crippen LogP contribution >= 0.6 is 11.6 Å². The average molecular weight is 204 g/mol. The summed E-state index contributed by atoms with van der Waals surface area (Å²) in [6.45, 7) is 0. The van der Waals surface area contributed by atoms with E-state index in [0.717, 1.165) is 5.02 Å². The van der Waals surface area contributed by atoms with E-state index < -0.39 is 0 Å². The van der Waals surface area contributed by atoms with Crippen LogP contribution in [0, 0.1) is 0 Å². The van der Waals surface area contributed by atoms with E-state index in [1.165, 1.54) is 29.3 Å². The number of pyridine rings is 1. The van der Waals surface area contributed by atoms with E-state index in [0.29, 0.717) is 5.92 Å². The number of benzene rings is 1. The zero-order chi connectivity index (χ0) is 9.54. The number of hydrogen-bond acceptors (Lipinski definition) is 1. The highest BCUT2D eigenvalue weighted by Gasteiger charge is 2.26. The normalized spacial score (nSPS) is 16.1. The fourth-order valence-corrected chi connectivity index (χ4v) is 2.03. The van der Waals surface area contributed by atoms with Gasteiger partial charge in [0.2, 0.25) is 0 Å². The largest absolute Gasteiger partial charge is 0.260 e. The van der Waals surface area contributed by atoms with Crippen LogP contribution in [0.3, 0.4) is 0 Å². The lowest BCUT2D eigenvalue weighted by atomic mass is 10.1. The SMILES string of the molecule is Clc1ccc2c(C3CC3)nccc2c1. The Bertz CT molecular complexity index is 489. The van der Waals surface area contributed by atoms with Crippen molar-refractivity contribution in [3.63, 3.8) is 0 Å². The minimum Gasteiger partial charge on any atom is -0.260 e. The molecule has 1 aromatic carbocycles. The number of fused-ring (bicyclic) bond motifs is 1. The Kier molecular flexibility index (Phi) is 1.74. The van der Waals surface area contributed by atoms with E-state index in [4.69, 9.17) is 11.6 Å². The molecule has 0 N–H and O–H groups in total. The van der Waals surface area contributed by atoms with Crippen LogP contribution in [0.4, 0.5) is 0 Å². The van der Waals surface area contributed by atoms with E-state index in [9.17, 15) is 0 Å². The van der Waals surface area contributed by atoms with Gasteiger partial charge in [0.15, 0.2) is 0 Å². The smallest absolute Gasteiger partial charge is 0.0512 e. The van der Waals surface area contributed by atoms with Crippen LogP contribution < -0.4 is 0 Å². The molecule has 0 unspecified atom stereocenters. The molecule has 1 aliphatic rings. The summed E-state index contributed by atoms with van der Waals surface area (Å²) in [6.07, 6.45) is 4.45. The van der Waals surface area contributed by atoms with Gasteiger partial charge in [-0.05, 0) is 36.4 Å². The van der Waals surface area contributed by atoms with Crippen molar-refractivity contribution in [2.24, 2.45) is 0 Å². The first kappa shape index (κ1) is 8.25. The Morgan fingerprint density at radius 2 is 2.07 bits per heavy atom. The van der Waals surface area contributed by atoms with Crippen LogP contribution in [0.2, 0.25) is 5.02 Å². The molecule has 0 saturated heterocycles. The number of rotatable bonds is 1. The Morgan fingerprint density at radius 3 is 2.86 bits per heavy atom. The predicted octanol–water partition coefficient (Wildman–Crippen LogP) is 3.77. The maximum Gasteiger partial charge on any atom is 0.0512 e. The van der Waals surface area contributed by atoms with Gasteiger partial charge in [-0.3, -0.25) is 4.98 Å². The summed E-state index contributed by atoms with van der Waals surface area (Å²) in [7, 11) is 0. The molecule has 3 rings (SSSR count). The third-order valence-corrected chi connectivity index (χ3v) is 2.96. The molecule has 0 amide bonds. The molecule has 0 bridgehead atoms. The van der Waals surface area contributed by atoms with Gasteiger partial charge in [0, 0.05) is 22.5 Å². The van der Waals surface area contributed by atoms with E-state index in [-0.39, 0.29) is 0 Å². The van der Waals surface area contributed by atoms with Crippen LogP contribution in [-0.2, 0) is 0 Å². The van der Waals surface area contributed by atoms with Gasteiger partial charge in [-0.25, -0.2) is 0 Å². The van der Waals surface area contributed by atoms with Crippen LogP contribution in [0.25, 0.3) is 10.8 Å². The average Bonchev–Trinajstić information content (AvgIpc) is 2.99. The molecular weight excluding hydrogens is 194 g/mol. The molecule has 0 radical (unpaired) electrons. The zero-order valence-corrected chi connectivity index (χ0v) is 8.46. The molecule has 1 nitrogen and oxygen atoms in total. The number of hydrogen-bond donors (Lipinski definition) is 0. The van der Waals surface area contributed by atoms with Crippen molar-refractivity contribution in [2.45, 2.75) is 18.8 Å². The fraction of sp³-hybridized carbons (Fsp3) is 0.250. The van der Waals surface area contributed by atoms with Gasteiger partial charge in [-0.2, -0.15) is 0 Å². The van der Waals surface area contributed by atoms with Gasteiger partial charge in [0.05, 0.1) is 5.69 Å². The Hall–Kier alpha value is -1.08. The summed E-state index contributed by atoms with van der Waals surface area (Å²) in [5, 5.41) is 3.26. The van der Waals surface area contributed by atoms with Crippen molar-refractivity contribution in [1.82, 2.24) is 4.98 Å². The molecule has 70 valence electrons. The van der Waals surface area contributed by atoms with E-state index in [1.54, 1.807) is 0 Å². The summed E-state index contributed by atoms with van der Waals surface area (Å²) in [4.78, 5) is 4.46. The van der Waals surface area contributed by atoms with Gasteiger partial charge in [-0.1, -0.05) is 17.7 Å². The van der Waals surface area contributed by atoms with Crippen molar-refractivity contribution < 1.29 is 0 Å². The monoisotopic (exact) mass is 203 g/mol. The molecule has 2 heteroatoms. The van der Waals surface area contributed by atoms with Crippen LogP contribution in [-0.4, -0.2) is 4.98 Å². The molecule has 0 atom stereocenters. The van der Waals surface area contributed by atoms with E-state index in [2.05, 4.69) is 11.1 Å². The van der Waals surface area contributed by atoms with E-state index in [1.807, 2.05) is 24.4 Å². The molecule has 1 aromatic heterocycles. The van der Waals surface area contributed by atoms with Crippen molar-refractivity contribution in [3.8, 4) is 0 Å². The van der Waals surface area contributed by atoms with Crippen molar-refractivity contribution >= 4 is 22.4 Å². The first-order valence-corrected chi connectivity index (χ1v) is 5.26. The Balaban J connectivity index is 2.30. The summed E-state index contributed by atoms with van der Waals surface area (Å²) >= 11 is 5.95. The summed E-state index contributed by atoms with van der Waals surface area (Å²) in [6, 6.07) is 8.05. The number of halogens is 1. The van der Waals surface area contributed by atoms with Gasteiger partial charge in [-0.15, -0.1) is 0 Å². The summed E-state index contributed by atoms with van der Waals surface area (Å²) in [5.41, 5.74) is 1.25. The lowest BCUT2D eigenvalue weighted by molar-refractivity contribution is 1.05. The van der Waals surface area contributed by atoms with E-state index >= 15 is 0 Å². The molecular formula is C12H10ClN. The maximum absolute atomic E-state index is 5.95. The zero-order valence-electron chi connectivity index (χ0n) is 7.70. The molecule has 1 fully saturated rings. The van der Waals surface area contributed by atoms with Gasteiger partial charge < -0.3 is 0 Å². The lowest BCUT2D eigenvalue weighted by Gasteiger charge is -2.03. The second kappa shape index (κ2) is 2.96. The second-order valence-corrected chi connectivity index (χ2v) is 4.27. The second-order valence-electron chi connectivity index (χ2n) is 3.84. The minimum absolute atomic E-state index is 0.694. The first-order valence-electron chi connectivity index (χ1n) is 4.89. The highest BCUT2D eigenvalue weighted by molar-refractivity contribution is 6.31. The van der Waals surface area contributed by atoms with Crippen LogP contribution in [0.5, 0.6) is 0 Å². The summed E-state index contributed by atoms with van der Waals surface area (Å²) < 4.78 is 0. The van der Waals surface area contributed by atoms with Crippen LogP contribution in [0.1, 0.15) is 24.5 Å². The number of nitrogens with zero attached hydrogens (tertiary/aromatic N) is 1. The third kappa shape index (κ3) is 1.28. The summed E-state index contributed by atoms with van der Waals surface area (Å²) in [5.74, 6) is 0.694. The fourth-order valence-electron chi connectivity index (χ4n) is 1.85. The lowest BCUT2D eigenvalue weighted by Crippen LogP contribution is -1.87. The molecule has 2 aromatic rings.